The first-order valence-corrected chi connectivity index (χ1v) is 19.7. The maximum atomic E-state index is 14.4. The highest BCUT2D eigenvalue weighted by molar-refractivity contribution is 5.90. The van der Waals surface area contributed by atoms with Gasteiger partial charge in [-0.05, 0) is 148 Å². The highest BCUT2D eigenvalue weighted by atomic mass is 16.7. The molecule has 4 fully saturated rings. The minimum absolute atomic E-state index is 0.0229. The first-order chi connectivity index (χ1) is 24.7. The Hall–Kier alpha value is -3.23. The normalized spacial score (nSPS) is 35.9. The molecule has 4 saturated carbocycles. The van der Waals surface area contributed by atoms with Crippen LogP contribution in [0.25, 0.3) is 11.6 Å². The number of hydrogen-bond donors (Lipinski definition) is 2. The van der Waals surface area contributed by atoms with Crippen LogP contribution in [0.15, 0.2) is 47.6 Å². The summed E-state index contributed by atoms with van der Waals surface area (Å²) >= 11 is 0. The lowest BCUT2D eigenvalue weighted by atomic mass is 9.36. The molecule has 1 unspecified atom stereocenters. The molecule has 0 bridgehead atoms. The fourth-order valence-electron chi connectivity index (χ4n) is 11.5. The first-order valence-electron chi connectivity index (χ1n) is 19.7. The molecule has 4 aliphatic carbocycles. The van der Waals surface area contributed by atoms with Crippen LogP contribution in [0.2, 0.25) is 0 Å². The van der Waals surface area contributed by atoms with E-state index in [-0.39, 0.29) is 34.7 Å². The highest BCUT2D eigenvalue weighted by Crippen LogP contribution is 2.74. The number of allylic oxidation sites excluding steroid dienone is 2. The van der Waals surface area contributed by atoms with Gasteiger partial charge in [0.2, 0.25) is 6.79 Å². The second-order valence-electron chi connectivity index (χ2n) is 18.6. The van der Waals surface area contributed by atoms with Crippen molar-refractivity contribution in [3.05, 3.63) is 58.7 Å². The van der Waals surface area contributed by atoms with Crippen molar-refractivity contribution in [2.75, 3.05) is 6.79 Å². The maximum absolute atomic E-state index is 14.4. The quantitative estimate of drug-likeness (QED) is 0.147. The third kappa shape index (κ3) is 7.44. The van der Waals surface area contributed by atoms with Crippen LogP contribution in [-0.4, -0.2) is 53.2 Å². The summed E-state index contributed by atoms with van der Waals surface area (Å²) in [4.78, 5) is 39.8. The van der Waals surface area contributed by atoms with E-state index in [1.807, 2.05) is 12.1 Å². The Morgan fingerprint density at radius 1 is 0.925 bits per heavy atom. The standard InChI is InChI=1S/C45H64O8/c1-12-29-13-15-30(16-14-29)31(26(2)3)17-18-32(40(49)51-25-52-41(50)42(6,7)8)38-34-23-36(48)39-43(9)21-20-35(47)27(4)33(43)19-22-44(39,10)45(34,11)24-37(38)53-28(5)46/h12-16,27,33-37,39,47-48H,1,17-25H2,2-11H3/t27-,33?,34+,35+,36+,37-,39+,43-,44-,45-/m0/s1. The average Bonchev–Trinajstić information content (AvgIpc) is 3.35. The van der Waals surface area contributed by atoms with Crippen molar-refractivity contribution < 1.29 is 38.8 Å². The molecular weight excluding hydrogens is 668 g/mol. The van der Waals surface area contributed by atoms with Gasteiger partial charge < -0.3 is 24.4 Å². The summed E-state index contributed by atoms with van der Waals surface area (Å²) in [5, 5.41) is 23.3. The van der Waals surface area contributed by atoms with Crippen molar-refractivity contribution in [2.24, 2.45) is 45.3 Å². The maximum Gasteiger partial charge on any atom is 0.336 e. The lowest BCUT2D eigenvalue weighted by Gasteiger charge is -2.69. The predicted molar refractivity (Wildman–Crippen MR) is 207 cm³/mol. The van der Waals surface area contributed by atoms with Gasteiger partial charge in [0, 0.05) is 12.5 Å². The zero-order chi connectivity index (χ0) is 39.3. The molecule has 8 heteroatoms. The highest BCUT2D eigenvalue weighted by Gasteiger charge is 2.71. The number of rotatable bonds is 9. The van der Waals surface area contributed by atoms with Gasteiger partial charge in [-0.1, -0.05) is 70.2 Å². The summed E-state index contributed by atoms with van der Waals surface area (Å²) in [6, 6.07) is 8.16. The molecule has 1 aromatic carbocycles. The largest absolute Gasteiger partial charge is 0.458 e. The Morgan fingerprint density at radius 2 is 1.58 bits per heavy atom. The van der Waals surface area contributed by atoms with Crippen molar-refractivity contribution in [3.8, 4) is 0 Å². The molecule has 53 heavy (non-hydrogen) atoms. The second-order valence-corrected chi connectivity index (χ2v) is 18.6. The number of carbonyl (C=O) groups excluding carboxylic acids is 3. The third-order valence-electron chi connectivity index (χ3n) is 14.3. The van der Waals surface area contributed by atoms with E-state index in [1.165, 1.54) is 6.92 Å². The van der Waals surface area contributed by atoms with Crippen molar-refractivity contribution >= 4 is 29.6 Å². The lowest BCUT2D eigenvalue weighted by Crippen LogP contribution is -2.65. The number of benzene rings is 1. The number of aliphatic hydroxyl groups excluding tert-OH is 2. The van der Waals surface area contributed by atoms with Gasteiger partial charge in [0.1, 0.15) is 6.10 Å². The Kier molecular flexibility index (Phi) is 11.7. The van der Waals surface area contributed by atoms with E-state index in [9.17, 15) is 24.6 Å². The number of aliphatic hydroxyl groups is 2. The van der Waals surface area contributed by atoms with Gasteiger partial charge in [-0.15, -0.1) is 0 Å². The zero-order valence-electron chi connectivity index (χ0n) is 33.8. The molecule has 5 rings (SSSR count). The summed E-state index contributed by atoms with van der Waals surface area (Å²) in [6.07, 6.45) is 5.29. The van der Waals surface area contributed by atoms with Crippen LogP contribution in [0.3, 0.4) is 0 Å². The van der Waals surface area contributed by atoms with E-state index in [1.54, 1.807) is 26.8 Å². The first kappa shape index (κ1) is 40.9. The smallest absolute Gasteiger partial charge is 0.336 e. The minimum Gasteiger partial charge on any atom is -0.458 e. The summed E-state index contributed by atoms with van der Waals surface area (Å²) in [5.41, 5.74) is 3.71. The molecule has 0 spiro atoms. The number of ether oxygens (including phenoxy) is 3. The van der Waals surface area contributed by atoms with Gasteiger partial charge in [0.15, 0.2) is 0 Å². The number of fused-ring (bicyclic) bond motifs is 5. The molecule has 0 aromatic heterocycles. The molecule has 10 atom stereocenters. The Balaban J connectivity index is 1.60. The summed E-state index contributed by atoms with van der Waals surface area (Å²) in [6.45, 7) is 23.2. The van der Waals surface area contributed by atoms with Crippen LogP contribution < -0.4 is 0 Å². The molecule has 4 aliphatic rings. The minimum atomic E-state index is -0.769. The molecule has 0 aliphatic heterocycles. The van der Waals surface area contributed by atoms with Crippen molar-refractivity contribution in [2.45, 2.75) is 139 Å². The number of esters is 3. The van der Waals surface area contributed by atoms with E-state index >= 15 is 0 Å². The Labute approximate surface area is 317 Å². The molecule has 0 radical (unpaired) electrons. The van der Waals surface area contributed by atoms with E-state index in [4.69, 9.17) is 14.2 Å². The van der Waals surface area contributed by atoms with E-state index in [2.05, 4.69) is 60.3 Å². The Bertz CT molecular complexity index is 1640. The lowest BCUT2D eigenvalue weighted by molar-refractivity contribution is -0.234. The van der Waals surface area contributed by atoms with Crippen LogP contribution in [0.1, 0.15) is 132 Å². The molecule has 8 nitrogen and oxygen atoms in total. The van der Waals surface area contributed by atoms with Gasteiger partial charge in [-0.25, -0.2) is 4.79 Å². The monoisotopic (exact) mass is 732 g/mol. The van der Waals surface area contributed by atoms with Gasteiger partial charge in [0.05, 0.1) is 17.6 Å². The molecule has 0 saturated heterocycles. The molecule has 292 valence electrons. The zero-order valence-corrected chi connectivity index (χ0v) is 33.8. The molecular formula is C45H64O8. The molecule has 0 heterocycles. The SMILES string of the molecule is C=Cc1ccc(C(CCC(C(=O)OCOC(=O)C(C)(C)C)=C2[C@@H](OC(C)=O)C[C@@]3(C)[C@@H]2C[C@@H](O)[C@@H]2[C@@]4(C)CC[C@@H](O)[C@@H](C)C4CC[C@@]23C)=C(C)C)cc1. The van der Waals surface area contributed by atoms with Crippen molar-refractivity contribution in [1.29, 1.82) is 0 Å². The number of carbonyl (C=O) groups is 3. The van der Waals surface area contributed by atoms with Crippen LogP contribution >= 0.6 is 0 Å². The predicted octanol–water partition coefficient (Wildman–Crippen LogP) is 8.84. The van der Waals surface area contributed by atoms with Crippen LogP contribution in [0.5, 0.6) is 0 Å². The van der Waals surface area contributed by atoms with E-state index < -0.39 is 47.7 Å². The van der Waals surface area contributed by atoms with Gasteiger partial charge in [0.25, 0.3) is 0 Å². The summed E-state index contributed by atoms with van der Waals surface area (Å²) < 4.78 is 17.3. The van der Waals surface area contributed by atoms with Gasteiger partial charge in [-0.3, -0.25) is 9.59 Å². The average molecular weight is 733 g/mol. The summed E-state index contributed by atoms with van der Waals surface area (Å²) in [7, 11) is 0. The summed E-state index contributed by atoms with van der Waals surface area (Å²) in [5.74, 6) is -1.35. The van der Waals surface area contributed by atoms with E-state index in [0.29, 0.717) is 43.6 Å². The van der Waals surface area contributed by atoms with Crippen molar-refractivity contribution in [1.82, 2.24) is 0 Å². The van der Waals surface area contributed by atoms with Gasteiger partial charge in [-0.2, -0.15) is 0 Å². The van der Waals surface area contributed by atoms with Crippen molar-refractivity contribution in [3.63, 3.8) is 0 Å². The van der Waals surface area contributed by atoms with Crippen LogP contribution in [0, 0.1) is 45.3 Å². The van der Waals surface area contributed by atoms with Gasteiger partial charge >= 0.3 is 17.9 Å². The molecule has 1 aromatic rings. The second kappa shape index (κ2) is 15.1. The third-order valence-corrected chi connectivity index (χ3v) is 14.3. The van der Waals surface area contributed by atoms with E-state index in [0.717, 1.165) is 47.1 Å². The number of hydrogen-bond acceptors (Lipinski definition) is 8. The van der Waals surface area contributed by atoms with Crippen LogP contribution in [-0.2, 0) is 28.6 Å². The molecule has 0 amide bonds. The molecule has 2 N–H and O–H groups in total. The van der Waals surface area contributed by atoms with Crippen LogP contribution in [0.4, 0.5) is 0 Å². The Morgan fingerprint density at radius 3 is 2.17 bits per heavy atom. The fraction of sp³-hybridized carbons (Fsp3) is 0.667. The topological polar surface area (TPSA) is 119 Å². The fourth-order valence-corrected chi connectivity index (χ4v) is 11.5.